The molecular formula is C23H36N2O4S. The number of anilines is 1. The van der Waals surface area contributed by atoms with Crippen molar-refractivity contribution in [1.29, 1.82) is 0 Å². The predicted octanol–water partition coefficient (Wildman–Crippen LogP) is 4.91. The molecule has 0 spiro atoms. The summed E-state index contributed by atoms with van der Waals surface area (Å²) < 4.78 is 11.1. The van der Waals surface area contributed by atoms with Crippen LogP contribution < -0.4 is 4.90 Å². The summed E-state index contributed by atoms with van der Waals surface area (Å²) in [6.45, 7) is 19.5. The van der Waals surface area contributed by atoms with Crippen molar-refractivity contribution < 1.29 is 19.1 Å². The van der Waals surface area contributed by atoms with Crippen molar-refractivity contribution in [2.45, 2.75) is 78.4 Å². The number of hydrogen-bond donors (Lipinski definition) is 1. The average Bonchev–Trinajstić information content (AvgIpc) is 2.57. The molecule has 7 heteroatoms. The summed E-state index contributed by atoms with van der Waals surface area (Å²) in [7, 11) is 0. The molecule has 0 aliphatic carbocycles. The first-order valence-corrected chi connectivity index (χ1v) is 10.9. The normalized spacial score (nSPS) is 15.3. The number of piperazine rings is 1. The molecule has 1 aromatic carbocycles. The lowest BCUT2D eigenvalue weighted by Gasteiger charge is -2.38. The molecule has 0 atom stereocenters. The van der Waals surface area contributed by atoms with E-state index in [0.717, 1.165) is 27.3 Å². The maximum atomic E-state index is 12.9. The van der Waals surface area contributed by atoms with Crippen LogP contribution in [0.4, 0.5) is 10.5 Å². The summed E-state index contributed by atoms with van der Waals surface area (Å²) in [6.07, 6.45) is -0.288. The molecular weight excluding hydrogens is 400 g/mol. The van der Waals surface area contributed by atoms with Crippen LogP contribution in [0.15, 0.2) is 4.90 Å². The Balaban J connectivity index is 2.31. The molecule has 1 aliphatic rings. The van der Waals surface area contributed by atoms with E-state index in [1.807, 2.05) is 62.3 Å². The predicted molar refractivity (Wildman–Crippen MR) is 123 cm³/mol. The monoisotopic (exact) mass is 436 g/mol. The number of ether oxygens (including phenoxy) is 2. The maximum Gasteiger partial charge on any atom is 0.410 e. The minimum atomic E-state index is -0.573. The van der Waals surface area contributed by atoms with Gasteiger partial charge in [0.25, 0.3) is 0 Å². The molecule has 1 amide bonds. The van der Waals surface area contributed by atoms with Crippen LogP contribution in [0.3, 0.4) is 0 Å². The van der Waals surface area contributed by atoms with Gasteiger partial charge >= 0.3 is 12.1 Å². The smallest absolute Gasteiger partial charge is 0.410 e. The van der Waals surface area contributed by atoms with Crippen LogP contribution in [0.1, 0.15) is 68.6 Å². The lowest BCUT2D eigenvalue weighted by molar-refractivity contribution is 0.00671. The second kappa shape index (κ2) is 8.69. The number of carbonyl (C=O) groups excluding carboxylic acids is 2. The summed E-state index contributed by atoms with van der Waals surface area (Å²) in [5.41, 5.74) is 3.24. The van der Waals surface area contributed by atoms with Gasteiger partial charge in [0.15, 0.2) is 0 Å². The van der Waals surface area contributed by atoms with Crippen molar-refractivity contribution in [2.24, 2.45) is 0 Å². The lowest BCUT2D eigenvalue weighted by Crippen LogP contribution is -2.50. The largest absolute Gasteiger partial charge is 0.456 e. The van der Waals surface area contributed by atoms with E-state index < -0.39 is 11.2 Å². The minimum Gasteiger partial charge on any atom is -0.456 e. The average molecular weight is 437 g/mol. The van der Waals surface area contributed by atoms with Gasteiger partial charge in [-0.15, -0.1) is 12.6 Å². The van der Waals surface area contributed by atoms with E-state index in [1.165, 1.54) is 0 Å². The second-order valence-electron chi connectivity index (χ2n) is 9.90. The van der Waals surface area contributed by atoms with Gasteiger partial charge in [0, 0.05) is 36.8 Å². The minimum absolute atomic E-state index is 0.288. The number of thiol groups is 1. The number of esters is 1. The fraction of sp³-hybridized carbons (Fsp3) is 0.652. The number of carbonyl (C=O) groups is 2. The molecule has 2 rings (SSSR count). The zero-order valence-electron chi connectivity index (χ0n) is 19.8. The van der Waals surface area contributed by atoms with Crippen molar-refractivity contribution in [2.75, 3.05) is 31.1 Å². The Morgan fingerprint density at radius 2 is 1.30 bits per heavy atom. The highest BCUT2D eigenvalue weighted by molar-refractivity contribution is 7.80. The van der Waals surface area contributed by atoms with Crippen molar-refractivity contribution >= 4 is 30.4 Å². The maximum absolute atomic E-state index is 12.9. The number of hydrogen-bond acceptors (Lipinski definition) is 6. The standard InChI is InChI=1S/C23H36N2O4S/c1-14-17(20(26)28-22(4,5)6)15(2)19(30)16(3)18(14)24-10-12-25(13-11-24)21(27)29-23(7,8)9/h30H,10-13H2,1-9H3. The van der Waals surface area contributed by atoms with Gasteiger partial charge in [0.2, 0.25) is 0 Å². The van der Waals surface area contributed by atoms with Crippen LogP contribution in [-0.2, 0) is 9.47 Å². The summed E-state index contributed by atoms with van der Waals surface area (Å²) in [6, 6.07) is 0. The van der Waals surface area contributed by atoms with E-state index in [2.05, 4.69) is 4.90 Å². The third-order valence-corrected chi connectivity index (χ3v) is 5.69. The fourth-order valence-corrected chi connectivity index (χ4v) is 3.96. The van der Waals surface area contributed by atoms with Crippen molar-refractivity contribution in [3.8, 4) is 0 Å². The zero-order chi connectivity index (χ0) is 23.0. The molecule has 0 N–H and O–H groups in total. The Kier molecular flexibility index (Phi) is 7.06. The molecule has 1 aromatic rings. The van der Waals surface area contributed by atoms with E-state index in [4.69, 9.17) is 22.1 Å². The van der Waals surface area contributed by atoms with Gasteiger partial charge in [-0.1, -0.05) is 0 Å². The van der Waals surface area contributed by atoms with Crippen molar-refractivity contribution in [1.82, 2.24) is 4.90 Å². The van der Waals surface area contributed by atoms with E-state index in [0.29, 0.717) is 31.7 Å². The van der Waals surface area contributed by atoms with E-state index in [9.17, 15) is 9.59 Å². The first kappa shape index (κ1) is 24.4. The Hall–Kier alpha value is -1.89. The van der Waals surface area contributed by atoms with Crippen LogP contribution in [0.2, 0.25) is 0 Å². The molecule has 1 aliphatic heterocycles. The Labute approximate surface area is 186 Å². The Morgan fingerprint density at radius 1 is 0.800 bits per heavy atom. The van der Waals surface area contributed by atoms with E-state index >= 15 is 0 Å². The molecule has 1 saturated heterocycles. The van der Waals surface area contributed by atoms with E-state index in [-0.39, 0.29) is 12.1 Å². The summed E-state index contributed by atoms with van der Waals surface area (Å²) in [5, 5.41) is 0. The second-order valence-corrected chi connectivity index (χ2v) is 10.4. The number of amides is 1. The Bertz CT molecular complexity index is 829. The first-order chi connectivity index (χ1) is 13.6. The summed E-state index contributed by atoms with van der Waals surface area (Å²) in [4.78, 5) is 30.1. The highest BCUT2D eigenvalue weighted by Gasteiger charge is 2.30. The number of rotatable bonds is 2. The van der Waals surface area contributed by atoms with Gasteiger partial charge < -0.3 is 19.3 Å². The summed E-state index contributed by atoms with van der Waals surface area (Å²) >= 11 is 4.70. The number of nitrogens with zero attached hydrogens (tertiary/aromatic N) is 2. The zero-order valence-corrected chi connectivity index (χ0v) is 20.7. The van der Waals surface area contributed by atoms with Crippen molar-refractivity contribution in [3.05, 3.63) is 22.3 Å². The highest BCUT2D eigenvalue weighted by atomic mass is 32.1. The van der Waals surface area contributed by atoms with Gasteiger partial charge in [0.1, 0.15) is 11.2 Å². The van der Waals surface area contributed by atoms with Crippen LogP contribution in [0.5, 0.6) is 0 Å². The fourth-order valence-electron chi connectivity index (χ4n) is 3.74. The lowest BCUT2D eigenvalue weighted by atomic mass is 9.95. The molecule has 1 fully saturated rings. The SMILES string of the molecule is Cc1c(S)c(C)c(N2CCN(C(=O)OC(C)(C)C)CC2)c(C)c1C(=O)OC(C)(C)C. The third-order valence-electron chi connectivity index (χ3n) is 5.02. The van der Waals surface area contributed by atoms with Crippen LogP contribution in [-0.4, -0.2) is 54.3 Å². The molecule has 30 heavy (non-hydrogen) atoms. The molecule has 0 saturated carbocycles. The molecule has 0 bridgehead atoms. The van der Waals surface area contributed by atoms with Gasteiger partial charge in [-0.05, 0) is 79.0 Å². The molecule has 168 valence electrons. The van der Waals surface area contributed by atoms with Crippen LogP contribution in [0.25, 0.3) is 0 Å². The molecule has 0 unspecified atom stereocenters. The molecule has 0 radical (unpaired) electrons. The van der Waals surface area contributed by atoms with Crippen LogP contribution >= 0.6 is 12.6 Å². The van der Waals surface area contributed by atoms with E-state index in [1.54, 1.807) is 4.90 Å². The van der Waals surface area contributed by atoms with Crippen molar-refractivity contribution in [3.63, 3.8) is 0 Å². The highest BCUT2D eigenvalue weighted by Crippen LogP contribution is 2.37. The molecule has 6 nitrogen and oxygen atoms in total. The van der Waals surface area contributed by atoms with Crippen LogP contribution in [0, 0.1) is 20.8 Å². The molecule has 1 heterocycles. The van der Waals surface area contributed by atoms with Gasteiger partial charge in [0.05, 0.1) is 5.56 Å². The van der Waals surface area contributed by atoms with Gasteiger partial charge in [-0.3, -0.25) is 0 Å². The first-order valence-electron chi connectivity index (χ1n) is 10.4. The number of benzene rings is 1. The Morgan fingerprint density at radius 3 is 1.77 bits per heavy atom. The van der Waals surface area contributed by atoms with Gasteiger partial charge in [-0.2, -0.15) is 0 Å². The topological polar surface area (TPSA) is 59.1 Å². The quantitative estimate of drug-likeness (QED) is 0.527. The summed E-state index contributed by atoms with van der Waals surface area (Å²) in [5.74, 6) is -0.332. The molecule has 0 aromatic heterocycles. The third kappa shape index (κ3) is 5.62. The van der Waals surface area contributed by atoms with Gasteiger partial charge in [-0.25, -0.2) is 9.59 Å².